The topological polar surface area (TPSA) is 55.8 Å². The molecule has 5 nitrogen and oxygen atoms in total. The van der Waals surface area contributed by atoms with Crippen molar-refractivity contribution in [3.63, 3.8) is 0 Å². The summed E-state index contributed by atoms with van der Waals surface area (Å²) in [7, 11) is 0. The first-order chi connectivity index (χ1) is 8.40. The van der Waals surface area contributed by atoms with Gasteiger partial charge in [0.15, 0.2) is 0 Å². The minimum Gasteiger partial charge on any atom is -0.378 e. The monoisotopic (exact) mass is 232 g/mol. The van der Waals surface area contributed by atoms with Crippen LogP contribution in [0.25, 0.3) is 5.52 Å². The van der Waals surface area contributed by atoms with E-state index in [-0.39, 0.29) is 0 Å². The van der Waals surface area contributed by atoms with Gasteiger partial charge in [0, 0.05) is 13.1 Å². The van der Waals surface area contributed by atoms with Gasteiger partial charge in [-0.2, -0.15) is 0 Å². The van der Waals surface area contributed by atoms with E-state index in [0.717, 1.165) is 43.5 Å². The number of morpholine rings is 1. The summed E-state index contributed by atoms with van der Waals surface area (Å²) in [6.07, 6.45) is 1.87. The number of imidazole rings is 1. The third-order valence-corrected chi connectivity index (χ3v) is 3.12. The van der Waals surface area contributed by atoms with E-state index in [4.69, 9.17) is 10.5 Å². The fraction of sp³-hybridized carbons (Fsp3) is 0.417. The number of nitrogens with two attached hydrogens (primary N) is 1. The molecule has 0 bridgehead atoms. The zero-order chi connectivity index (χ0) is 11.7. The van der Waals surface area contributed by atoms with Crippen molar-refractivity contribution < 1.29 is 4.74 Å². The highest BCUT2D eigenvalue weighted by Crippen LogP contribution is 2.20. The third kappa shape index (κ3) is 1.77. The number of ether oxygens (including phenoxy) is 1. The Labute approximate surface area is 99.8 Å². The zero-order valence-electron chi connectivity index (χ0n) is 9.67. The first-order valence-electron chi connectivity index (χ1n) is 5.88. The molecule has 90 valence electrons. The van der Waals surface area contributed by atoms with Crippen LogP contribution in [0, 0.1) is 0 Å². The summed E-state index contributed by atoms with van der Waals surface area (Å²) in [4.78, 5) is 6.67. The van der Waals surface area contributed by atoms with Crippen LogP contribution in [-0.2, 0) is 11.3 Å². The van der Waals surface area contributed by atoms with Crippen LogP contribution < -0.4 is 10.6 Å². The van der Waals surface area contributed by atoms with Gasteiger partial charge in [0.1, 0.15) is 11.6 Å². The molecule has 1 fully saturated rings. The lowest BCUT2D eigenvalue weighted by molar-refractivity contribution is 0.122. The smallest absolute Gasteiger partial charge is 0.128 e. The standard InChI is InChI=1S/C12H16N4O/c13-8-11-14-9-10-2-1-3-12(16(10)11)15-4-6-17-7-5-15/h1-3,9H,4-8,13H2. The van der Waals surface area contributed by atoms with Crippen LogP contribution >= 0.6 is 0 Å². The highest BCUT2D eigenvalue weighted by Gasteiger charge is 2.15. The fourth-order valence-corrected chi connectivity index (χ4v) is 2.28. The third-order valence-electron chi connectivity index (χ3n) is 3.12. The number of nitrogens with zero attached hydrogens (tertiary/aromatic N) is 3. The highest BCUT2D eigenvalue weighted by atomic mass is 16.5. The van der Waals surface area contributed by atoms with Crippen LogP contribution in [0.3, 0.4) is 0 Å². The van der Waals surface area contributed by atoms with Gasteiger partial charge < -0.3 is 15.4 Å². The molecule has 0 saturated carbocycles. The molecule has 0 radical (unpaired) electrons. The summed E-state index contributed by atoms with van der Waals surface area (Å²) in [6.45, 7) is 3.85. The summed E-state index contributed by atoms with van der Waals surface area (Å²) in [6, 6.07) is 6.22. The quantitative estimate of drug-likeness (QED) is 0.825. The van der Waals surface area contributed by atoms with Gasteiger partial charge >= 0.3 is 0 Å². The minimum atomic E-state index is 0.454. The average Bonchev–Trinajstić information content (AvgIpc) is 2.82. The summed E-state index contributed by atoms with van der Waals surface area (Å²) >= 11 is 0. The summed E-state index contributed by atoms with van der Waals surface area (Å²) < 4.78 is 7.51. The SMILES string of the molecule is NCc1ncc2cccc(N3CCOCC3)n12. The molecule has 1 aliphatic rings. The van der Waals surface area contributed by atoms with Gasteiger partial charge in [-0.05, 0) is 12.1 Å². The van der Waals surface area contributed by atoms with Gasteiger partial charge in [0.05, 0.1) is 31.5 Å². The van der Waals surface area contributed by atoms with Crippen LogP contribution in [0.15, 0.2) is 24.4 Å². The molecule has 17 heavy (non-hydrogen) atoms. The Morgan fingerprint density at radius 2 is 2.12 bits per heavy atom. The maximum absolute atomic E-state index is 5.73. The van der Waals surface area contributed by atoms with Gasteiger partial charge in [-0.15, -0.1) is 0 Å². The molecule has 2 aromatic rings. The number of aromatic nitrogens is 2. The number of pyridine rings is 1. The average molecular weight is 232 g/mol. The van der Waals surface area contributed by atoms with Crippen molar-refractivity contribution >= 4 is 11.3 Å². The van der Waals surface area contributed by atoms with Gasteiger partial charge in [-0.3, -0.25) is 4.40 Å². The van der Waals surface area contributed by atoms with E-state index in [0.29, 0.717) is 6.54 Å². The zero-order valence-corrected chi connectivity index (χ0v) is 9.67. The molecule has 3 rings (SSSR count). The molecule has 1 saturated heterocycles. The molecular formula is C12H16N4O. The van der Waals surface area contributed by atoms with Crippen LogP contribution in [-0.4, -0.2) is 35.7 Å². The van der Waals surface area contributed by atoms with Crippen molar-refractivity contribution in [2.75, 3.05) is 31.2 Å². The Balaban J connectivity index is 2.10. The Morgan fingerprint density at radius 3 is 2.88 bits per heavy atom. The van der Waals surface area contributed by atoms with Crippen molar-refractivity contribution in [1.82, 2.24) is 9.38 Å². The Bertz CT molecular complexity index is 516. The van der Waals surface area contributed by atoms with Crippen LogP contribution in [0.1, 0.15) is 5.82 Å². The van der Waals surface area contributed by atoms with Crippen LogP contribution in [0.2, 0.25) is 0 Å². The highest BCUT2D eigenvalue weighted by molar-refractivity contribution is 5.56. The molecule has 0 unspecified atom stereocenters. The predicted molar refractivity (Wildman–Crippen MR) is 66.1 cm³/mol. The van der Waals surface area contributed by atoms with E-state index in [9.17, 15) is 0 Å². The number of hydrogen-bond acceptors (Lipinski definition) is 4. The molecule has 2 N–H and O–H groups in total. The van der Waals surface area contributed by atoms with E-state index in [1.165, 1.54) is 0 Å². The normalized spacial score (nSPS) is 16.6. The second-order valence-corrected chi connectivity index (χ2v) is 4.12. The van der Waals surface area contributed by atoms with Gasteiger partial charge in [0.2, 0.25) is 0 Å². The van der Waals surface area contributed by atoms with E-state index >= 15 is 0 Å². The second kappa shape index (κ2) is 4.35. The summed E-state index contributed by atoms with van der Waals surface area (Å²) in [5, 5.41) is 0. The van der Waals surface area contributed by atoms with E-state index < -0.39 is 0 Å². The van der Waals surface area contributed by atoms with Gasteiger partial charge in [-0.25, -0.2) is 4.98 Å². The molecule has 0 atom stereocenters. The van der Waals surface area contributed by atoms with Crippen LogP contribution in [0.4, 0.5) is 5.82 Å². The maximum Gasteiger partial charge on any atom is 0.128 e. The molecule has 0 aromatic carbocycles. The van der Waals surface area contributed by atoms with E-state index in [1.807, 2.05) is 6.20 Å². The second-order valence-electron chi connectivity index (χ2n) is 4.12. The largest absolute Gasteiger partial charge is 0.378 e. The lowest BCUT2D eigenvalue weighted by atomic mass is 10.3. The molecule has 1 aliphatic heterocycles. The molecule has 3 heterocycles. The number of anilines is 1. The minimum absolute atomic E-state index is 0.454. The van der Waals surface area contributed by atoms with E-state index in [2.05, 4.69) is 32.5 Å². The summed E-state index contributed by atoms with van der Waals surface area (Å²) in [5.74, 6) is 2.06. The summed E-state index contributed by atoms with van der Waals surface area (Å²) in [5.41, 5.74) is 6.82. The molecule has 0 amide bonds. The Kier molecular flexibility index (Phi) is 2.70. The Hall–Kier alpha value is -1.59. The molecular weight excluding hydrogens is 216 g/mol. The molecule has 0 spiro atoms. The number of hydrogen-bond donors (Lipinski definition) is 1. The van der Waals surface area contributed by atoms with Crippen molar-refractivity contribution in [3.8, 4) is 0 Å². The van der Waals surface area contributed by atoms with Crippen molar-refractivity contribution in [2.24, 2.45) is 5.73 Å². The molecule has 5 heteroatoms. The van der Waals surface area contributed by atoms with Crippen LogP contribution in [0.5, 0.6) is 0 Å². The fourth-order valence-electron chi connectivity index (χ4n) is 2.28. The molecule has 2 aromatic heterocycles. The van der Waals surface area contributed by atoms with Gasteiger partial charge in [0.25, 0.3) is 0 Å². The van der Waals surface area contributed by atoms with Gasteiger partial charge in [-0.1, -0.05) is 6.07 Å². The maximum atomic E-state index is 5.73. The predicted octanol–water partition coefficient (Wildman–Crippen LogP) is 0.630. The first kappa shape index (κ1) is 10.6. The number of rotatable bonds is 2. The van der Waals surface area contributed by atoms with Crippen molar-refractivity contribution in [2.45, 2.75) is 6.54 Å². The van der Waals surface area contributed by atoms with E-state index in [1.54, 1.807) is 0 Å². The molecule has 0 aliphatic carbocycles. The number of fused-ring (bicyclic) bond motifs is 1. The first-order valence-corrected chi connectivity index (χ1v) is 5.88. The lowest BCUT2D eigenvalue weighted by Gasteiger charge is -2.29. The van der Waals surface area contributed by atoms with Crippen molar-refractivity contribution in [3.05, 3.63) is 30.2 Å². The lowest BCUT2D eigenvalue weighted by Crippen LogP contribution is -2.37. The Morgan fingerprint density at radius 1 is 1.29 bits per heavy atom. The van der Waals surface area contributed by atoms with Crippen molar-refractivity contribution in [1.29, 1.82) is 0 Å².